The fourth-order valence-corrected chi connectivity index (χ4v) is 3.11. The van der Waals surface area contributed by atoms with E-state index in [9.17, 15) is 9.59 Å². The van der Waals surface area contributed by atoms with Gasteiger partial charge in [0.2, 0.25) is 0 Å². The predicted octanol–water partition coefficient (Wildman–Crippen LogP) is 4.14. The highest BCUT2D eigenvalue weighted by Crippen LogP contribution is 2.17. The van der Waals surface area contributed by atoms with E-state index in [2.05, 4.69) is 15.6 Å². The van der Waals surface area contributed by atoms with Gasteiger partial charge in [0, 0.05) is 22.3 Å². The fraction of sp³-hybridized carbons (Fsp3) is 0.0500. The van der Waals surface area contributed by atoms with E-state index in [-0.39, 0.29) is 10.7 Å². The molecule has 0 fully saturated rings. The number of nitrogens with one attached hydrogen (secondary N) is 2. The monoisotopic (exact) mass is 397 g/mol. The minimum absolute atomic E-state index is 0.0506. The van der Waals surface area contributed by atoms with Crippen molar-refractivity contribution in [3.63, 3.8) is 0 Å². The Hall–Kier alpha value is -2.96. The molecule has 0 unspecified atom stereocenters. The summed E-state index contributed by atoms with van der Waals surface area (Å²) in [6.45, 7) is 0.341. The summed E-state index contributed by atoms with van der Waals surface area (Å²) in [5.41, 5.74) is 1.03. The number of pyridine rings is 1. The highest BCUT2D eigenvalue weighted by Gasteiger charge is 2.19. The number of hydrogen-bond donors (Lipinski definition) is 2. The molecule has 0 saturated carbocycles. The molecule has 5 nitrogen and oxygen atoms in total. The van der Waals surface area contributed by atoms with Crippen LogP contribution in [0, 0.1) is 0 Å². The van der Waals surface area contributed by atoms with E-state index in [1.165, 1.54) is 17.4 Å². The standard InChI is InChI=1S/C20H16ClN3O2S/c21-18-14(6-4-10-22-18)12-17(19(25)23-13-16-9-5-11-27-16)20(26)24-15-7-2-1-3-8-15/h1-12H,13H2,(H,23,25)(H,24,26). The molecule has 2 N–H and O–H groups in total. The highest BCUT2D eigenvalue weighted by molar-refractivity contribution is 7.09. The lowest BCUT2D eigenvalue weighted by Gasteiger charge is -2.10. The first kappa shape index (κ1) is 18.8. The van der Waals surface area contributed by atoms with E-state index >= 15 is 0 Å². The van der Waals surface area contributed by atoms with Crippen LogP contribution < -0.4 is 10.6 Å². The number of nitrogens with zero attached hydrogens (tertiary/aromatic N) is 1. The lowest BCUT2D eigenvalue weighted by Crippen LogP contribution is -2.30. The van der Waals surface area contributed by atoms with E-state index < -0.39 is 11.8 Å². The Balaban J connectivity index is 1.84. The van der Waals surface area contributed by atoms with E-state index in [0.717, 1.165) is 4.88 Å². The van der Waals surface area contributed by atoms with Gasteiger partial charge in [-0.2, -0.15) is 0 Å². The number of aromatic nitrogens is 1. The number of carbonyl (C=O) groups excluding carboxylic acids is 2. The molecule has 0 aliphatic heterocycles. The van der Waals surface area contributed by atoms with Gasteiger partial charge in [0.05, 0.1) is 6.54 Å². The summed E-state index contributed by atoms with van der Waals surface area (Å²) in [5.74, 6) is -1.01. The minimum Gasteiger partial charge on any atom is -0.347 e. The van der Waals surface area contributed by atoms with Crippen molar-refractivity contribution in [3.8, 4) is 0 Å². The SMILES string of the molecule is O=C(NCc1cccs1)C(=Cc1cccnc1Cl)C(=O)Nc1ccccc1. The Morgan fingerprint density at radius 1 is 1.04 bits per heavy atom. The summed E-state index contributed by atoms with van der Waals surface area (Å²) < 4.78 is 0. The number of anilines is 1. The second kappa shape index (κ2) is 9.12. The van der Waals surface area contributed by atoms with Crippen molar-refractivity contribution in [2.24, 2.45) is 0 Å². The van der Waals surface area contributed by atoms with E-state index in [1.807, 2.05) is 23.6 Å². The molecule has 2 heterocycles. The highest BCUT2D eigenvalue weighted by atomic mass is 35.5. The molecular weight excluding hydrogens is 382 g/mol. The van der Waals surface area contributed by atoms with Crippen LogP contribution in [-0.2, 0) is 16.1 Å². The third kappa shape index (κ3) is 5.26. The maximum atomic E-state index is 12.7. The maximum Gasteiger partial charge on any atom is 0.261 e. The lowest BCUT2D eigenvalue weighted by atomic mass is 10.1. The summed E-state index contributed by atoms with van der Waals surface area (Å²) >= 11 is 7.61. The number of amides is 2. The average molecular weight is 398 g/mol. The third-order valence-electron chi connectivity index (χ3n) is 3.61. The van der Waals surface area contributed by atoms with Gasteiger partial charge in [-0.3, -0.25) is 9.59 Å². The van der Waals surface area contributed by atoms with Gasteiger partial charge in [-0.05, 0) is 35.7 Å². The van der Waals surface area contributed by atoms with Crippen LogP contribution in [0.2, 0.25) is 5.15 Å². The Bertz CT molecular complexity index is 956. The minimum atomic E-state index is -0.523. The second-order valence-electron chi connectivity index (χ2n) is 5.52. The molecule has 0 radical (unpaired) electrons. The molecule has 0 aliphatic rings. The number of halogens is 1. The third-order valence-corrected chi connectivity index (χ3v) is 4.80. The number of rotatable bonds is 6. The van der Waals surface area contributed by atoms with Crippen LogP contribution in [-0.4, -0.2) is 16.8 Å². The quantitative estimate of drug-likeness (QED) is 0.284. The second-order valence-corrected chi connectivity index (χ2v) is 6.91. The van der Waals surface area contributed by atoms with Crippen molar-refractivity contribution in [1.82, 2.24) is 10.3 Å². The van der Waals surface area contributed by atoms with Crippen molar-refractivity contribution in [2.75, 3.05) is 5.32 Å². The fourth-order valence-electron chi connectivity index (χ4n) is 2.29. The number of para-hydroxylation sites is 1. The molecule has 27 heavy (non-hydrogen) atoms. The molecule has 3 aromatic rings. The van der Waals surface area contributed by atoms with Crippen molar-refractivity contribution in [2.45, 2.75) is 6.54 Å². The van der Waals surface area contributed by atoms with Crippen molar-refractivity contribution >= 4 is 46.5 Å². The van der Waals surface area contributed by atoms with Crippen molar-refractivity contribution in [3.05, 3.63) is 87.3 Å². The molecule has 2 amide bonds. The zero-order chi connectivity index (χ0) is 19.1. The van der Waals surface area contributed by atoms with Gasteiger partial charge < -0.3 is 10.6 Å². The molecule has 2 aromatic heterocycles. The first-order valence-corrected chi connectivity index (χ1v) is 9.38. The van der Waals surface area contributed by atoms with Crippen LogP contribution in [0.15, 0.2) is 71.7 Å². The maximum absolute atomic E-state index is 12.7. The van der Waals surface area contributed by atoms with Crippen LogP contribution >= 0.6 is 22.9 Å². The largest absolute Gasteiger partial charge is 0.347 e. The van der Waals surface area contributed by atoms with Gasteiger partial charge in [-0.1, -0.05) is 41.9 Å². The summed E-state index contributed by atoms with van der Waals surface area (Å²) in [6.07, 6.45) is 2.98. The zero-order valence-corrected chi connectivity index (χ0v) is 15.8. The first-order valence-electron chi connectivity index (χ1n) is 8.12. The normalized spacial score (nSPS) is 11.1. The summed E-state index contributed by atoms with van der Waals surface area (Å²) in [7, 11) is 0. The topological polar surface area (TPSA) is 71.1 Å². The molecule has 0 spiro atoms. The van der Waals surface area contributed by atoms with Gasteiger partial charge in [0.15, 0.2) is 0 Å². The van der Waals surface area contributed by atoms with Gasteiger partial charge in [0.1, 0.15) is 10.7 Å². The van der Waals surface area contributed by atoms with Gasteiger partial charge >= 0.3 is 0 Å². The number of benzene rings is 1. The molecule has 0 aliphatic carbocycles. The summed E-state index contributed by atoms with van der Waals surface area (Å²) in [5, 5.41) is 7.64. The van der Waals surface area contributed by atoms with Gasteiger partial charge in [0.25, 0.3) is 11.8 Å². The van der Waals surface area contributed by atoms with Crippen LogP contribution in [0.1, 0.15) is 10.4 Å². The molecule has 0 atom stereocenters. The van der Waals surface area contributed by atoms with Gasteiger partial charge in [-0.15, -0.1) is 11.3 Å². The summed E-state index contributed by atoms with van der Waals surface area (Å²) in [6, 6.07) is 16.1. The van der Waals surface area contributed by atoms with E-state index in [0.29, 0.717) is 17.8 Å². The molecule has 0 bridgehead atoms. The lowest BCUT2D eigenvalue weighted by molar-refractivity contribution is -0.121. The van der Waals surface area contributed by atoms with Crippen LogP contribution in [0.25, 0.3) is 6.08 Å². The Labute approximate surface area is 165 Å². The van der Waals surface area contributed by atoms with Crippen molar-refractivity contribution in [1.29, 1.82) is 0 Å². The first-order chi connectivity index (χ1) is 13.1. The number of carbonyl (C=O) groups is 2. The zero-order valence-electron chi connectivity index (χ0n) is 14.2. The average Bonchev–Trinajstić information content (AvgIpc) is 3.20. The van der Waals surface area contributed by atoms with E-state index in [1.54, 1.807) is 42.6 Å². The van der Waals surface area contributed by atoms with Crippen LogP contribution in [0.3, 0.4) is 0 Å². The Morgan fingerprint density at radius 2 is 1.85 bits per heavy atom. The van der Waals surface area contributed by atoms with Crippen LogP contribution in [0.5, 0.6) is 0 Å². The van der Waals surface area contributed by atoms with Crippen molar-refractivity contribution < 1.29 is 9.59 Å². The molecule has 0 saturated heterocycles. The Morgan fingerprint density at radius 3 is 2.56 bits per heavy atom. The molecular formula is C20H16ClN3O2S. The molecule has 136 valence electrons. The number of thiophene rings is 1. The molecule has 3 rings (SSSR count). The molecule has 7 heteroatoms. The smallest absolute Gasteiger partial charge is 0.261 e. The van der Waals surface area contributed by atoms with Gasteiger partial charge in [-0.25, -0.2) is 4.98 Å². The predicted molar refractivity (Wildman–Crippen MR) is 108 cm³/mol. The Kier molecular flexibility index (Phi) is 6.35. The van der Waals surface area contributed by atoms with Crippen LogP contribution in [0.4, 0.5) is 5.69 Å². The number of hydrogen-bond acceptors (Lipinski definition) is 4. The molecule has 1 aromatic carbocycles. The van der Waals surface area contributed by atoms with E-state index in [4.69, 9.17) is 11.6 Å². The summed E-state index contributed by atoms with van der Waals surface area (Å²) in [4.78, 5) is 30.4.